The second kappa shape index (κ2) is 9.23. The molecule has 0 aliphatic rings. The minimum Gasteiger partial charge on any atom is -0.480 e. The number of carboxylic acids is 1. The van der Waals surface area contributed by atoms with Crippen molar-refractivity contribution in [1.29, 1.82) is 0 Å². The quantitative estimate of drug-likeness (QED) is 0.565. The van der Waals surface area contributed by atoms with E-state index in [1.54, 1.807) is 6.92 Å². The first-order valence-corrected chi connectivity index (χ1v) is 7.54. The smallest absolute Gasteiger partial charge is 0.326 e. The Bertz CT molecular complexity index is 430. The standard InChI is InChI=1S/C16H28N2O4/c1-9(2)7-12(17-14(19)11(5)6)15(20)18-13(16(21)22)8-10(3)4/h9-10,12-13H,5,7-8H2,1-4,6H3,(H,17,19)(H,18,20)(H,21,22)/t12-,13-/m0/s1. The number of amides is 2. The summed E-state index contributed by atoms with van der Waals surface area (Å²) in [6.45, 7) is 12.7. The van der Waals surface area contributed by atoms with Gasteiger partial charge in [0, 0.05) is 5.57 Å². The topological polar surface area (TPSA) is 95.5 Å². The Morgan fingerprint density at radius 1 is 0.955 bits per heavy atom. The van der Waals surface area contributed by atoms with E-state index < -0.39 is 29.9 Å². The maximum absolute atomic E-state index is 12.3. The molecule has 2 atom stereocenters. The van der Waals surface area contributed by atoms with Gasteiger partial charge in [-0.1, -0.05) is 34.3 Å². The number of carbonyl (C=O) groups excluding carboxylic acids is 2. The molecule has 0 aliphatic carbocycles. The summed E-state index contributed by atoms with van der Waals surface area (Å²) in [7, 11) is 0. The van der Waals surface area contributed by atoms with E-state index in [0.717, 1.165) is 0 Å². The molecule has 3 N–H and O–H groups in total. The molecule has 0 fully saturated rings. The van der Waals surface area contributed by atoms with Crippen LogP contribution in [0.1, 0.15) is 47.5 Å². The van der Waals surface area contributed by atoms with Gasteiger partial charge < -0.3 is 15.7 Å². The van der Waals surface area contributed by atoms with Crippen molar-refractivity contribution in [3.63, 3.8) is 0 Å². The number of rotatable bonds is 9. The van der Waals surface area contributed by atoms with E-state index in [1.807, 2.05) is 27.7 Å². The molecule has 0 bridgehead atoms. The van der Waals surface area contributed by atoms with E-state index >= 15 is 0 Å². The Kier molecular flexibility index (Phi) is 8.45. The lowest BCUT2D eigenvalue weighted by atomic mass is 10.0. The van der Waals surface area contributed by atoms with Crippen LogP contribution in [0.5, 0.6) is 0 Å². The van der Waals surface area contributed by atoms with Gasteiger partial charge in [-0.2, -0.15) is 0 Å². The Hall–Kier alpha value is -1.85. The fraction of sp³-hybridized carbons (Fsp3) is 0.688. The first-order chi connectivity index (χ1) is 10.0. The normalized spacial score (nSPS) is 13.6. The van der Waals surface area contributed by atoms with E-state index in [-0.39, 0.29) is 11.8 Å². The SMILES string of the molecule is C=C(C)C(=O)N[C@@H](CC(C)C)C(=O)N[C@@H](CC(C)C)C(=O)O. The zero-order valence-electron chi connectivity index (χ0n) is 14.1. The number of hydrogen-bond donors (Lipinski definition) is 3. The summed E-state index contributed by atoms with van der Waals surface area (Å²) in [5.41, 5.74) is 0.304. The molecular formula is C16H28N2O4. The highest BCUT2D eigenvalue weighted by atomic mass is 16.4. The average Bonchev–Trinajstić information content (AvgIpc) is 2.35. The largest absolute Gasteiger partial charge is 0.480 e. The van der Waals surface area contributed by atoms with Gasteiger partial charge in [0.2, 0.25) is 11.8 Å². The van der Waals surface area contributed by atoms with Gasteiger partial charge in [0.15, 0.2) is 0 Å². The third kappa shape index (κ3) is 7.81. The summed E-state index contributed by atoms with van der Waals surface area (Å²) in [6, 6.07) is -1.72. The number of carbonyl (C=O) groups is 3. The second-order valence-electron chi connectivity index (χ2n) is 6.46. The molecule has 0 saturated carbocycles. The van der Waals surface area contributed by atoms with Crippen molar-refractivity contribution in [2.45, 2.75) is 59.5 Å². The summed E-state index contributed by atoms with van der Waals surface area (Å²) < 4.78 is 0. The third-order valence-corrected chi connectivity index (χ3v) is 3.04. The van der Waals surface area contributed by atoms with Gasteiger partial charge >= 0.3 is 5.97 Å². The van der Waals surface area contributed by atoms with Crippen LogP contribution >= 0.6 is 0 Å². The van der Waals surface area contributed by atoms with Crippen molar-refractivity contribution in [1.82, 2.24) is 10.6 Å². The number of aliphatic carboxylic acids is 1. The fourth-order valence-corrected chi connectivity index (χ4v) is 1.95. The van der Waals surface area contributed by atoms with Crippen molar-refractivity contribution in [3.8, 4) is 0 Å². The van der Waals surface area contributed by atoms with Crippen LogP contribution in [0.4, 0.5) is 0 Å². The molecule has 0 heterocycles. The molecule has 0 spiro atoms. The van der Waals surface area contributed by atoms with Crippen molar-refractivity contribution in [2.24, 2.45) is 11.8 Å². The molecule has 0 saturated heterocycles. The highest BCUT2D eigenvalue weighted by Crippen LogP contribution is 2.09. The molecular weight excluding hydrogens is 284 g/mol. The van der Waals surface area contributed by atoms with Gasteiger partial charge in [0.25, 0.3) is 0 Å². The minimum absolute atomic E-state index is 0.134. The van der Waals surface area contributed by atoms with E-state index in [9.17, 15) is 19.5 Å². The highest BCUT2D eigenvalue weighted by Gasteiger charge is 2.27. The second-order valence-corrected chi connectivity index (χ2v) is 6.46. The lowest BCUT2D eigenvalue weighted by Gasteiger charge is -2.23. The lowest BCUT2D eigenvalue weighted by molar-refractivity contribution is -0.142. The molecule has 6 heteroatoms. The third-order valence-electron chi connectivity index (χ3n) is 3.04. The van der Waals surface area contributed by atoms with E-state index in [4.69, 9.17) is 0 Å². The summed E-state index contributed by atoms with van der Waals surface area (Å²) in [6.07, 6.45) is 0.767. The maximum Gasteiger partial charge on any atom is 0.326 e. The molecule has 22 heavy (non-hydrogen) atoms. The molecule has 0 aliphatic heterocycles. The van der Waals surface area contributed by atoms with Gasteiger partial charge in [-0.15, -0.1) is 0 Å². The Morgan fingerprint density at radius 3 is 1.77 bits per heavy atom. The zero-order chi connectivity index (χ0) is 17.4. The summed E-state index contributed by atoms with van der Waals surface area (Å²) >= 11 is 0. The lowest BCUT2D eigenvalue weighted by Crippen LogP contribution is -2.52. The predicted octanol–water partition coefficient (Wildman–Crippen LogP) is 1.71. The van der Waals surface area contributed by atoms with Gasteiger partial charge in [-0.25, -0.2) is 4.79 Å². The van der Waals surface area contributed by atoms with E-state index in [2.05, 4.69) is 17.2 Å². The van der Waals surface area contributed by atoms with Gasteiger partial charge in [-0.05, 0) is 31.6 Å². The molecule has 0 aromatic rings. The first kappa shape index (κ1) is 20.1. The number of hydrogen-bond acceptors (Lipinski definition) is 3. The molecule has 0 rings (SSSR count). The molecule has 126 valence electrons. The number of carboxylic acid groups (broad SMARTS) is 1. The maximum atomic E-state index is 12.3. The van der Waals surface area contributed by atoms with Crippen molar-refractivity contribution in [3.05, 3.63) is 12.2 Å². The van der Waals surface area contributed by atoms with Crippen LogP contribution in [0.15, 0.2) is 12.2 Å². The van der Waals surface area contributed by atoms with E-state index in [1.165, 1.54) is 0 Å². The summed E-state index contributed by atoms with van der Waals surface area (Å²) in [5.74, 6) is -1.64. The van der Waals surface area contributed by atoms with Crippen LogP contribution in [0.2, 0.25) is 0 Å². The molecule has 0 aromatic heterocycles. The van der Waals surface area contributed by atoms with Crippen LogP contribution in [-0.2, 0) is 14.4 Å². The van der Waals surface area contributed by atoms with Crippen molar-refractivity contribution in [2.75, 3.05) is 0 Å². The van der Waals surface area contributed by atoms with Gasteiger partial charge in [0.05, 0.1) is 0 Å². The molecule has 0 aromatic carbocycles. The van der Waals surface area contributed by atoms with Gasteiger partial charge in [0.1, 0.15) is 12.1 Å². The Labute approximate surface area is 132 Å². The molecule has 2 amide bonds. The Balaban J connectivity index is 4.96. The molecule has 6 nitrogen and oxygen atoms in total. The molecule has 0 unspecified atom stereocenters. The summed E-state index contributed by atoms with van der Waals surface area (Å²) in [5, 5.41) is 14.3. The Morgan fingerprint density at radius 2 is 1.41 bits per heavy atom. The van der Waals surface area contributed by atoms with Crippen molar-refractivity contribution >= 4 is 17.8 Å². The minimum atomic E-state index is -1.07. The predicted molar refractivity (Wildman–Crippen MR) is 85.2 cm³/mol. The molecule has 0 radical (unpaired) electrons. The van der Waals surface area contributed by atoms with Gasteiger partial charge in [-0.3, -0.25) is 9.59 Å². The monoisotopic (exact) mass is 312 g/mol. The van der Waals surface area contributed by atoms with Crippen LogP contribution in [0, 0.1) is 11.8 Å². The zero-order valence-corrected chi connectivity index (χ0v) is 14.1. The van der Waals surface area contributed by atoms with Crippen LogP contribution in [-0.4, -0.2) is 35.0 Å². The van der Waals surface area contributed by atoms with Crippen LogP contribution < -0.4 is 10.6 Å². The van der Waals surface area contributed by atoms with Crippen LogP contribution in [0.25, 0.3) is 0 Å². The van der Waals surface area contributed by atoms with E-state index in [0.29, 0.717) is 18.4 Å². The summed E-state index contributed by atoms with van der Waals surface area (Å²) in [4.78, 5) is 35.3. The average molecular weight is 312 g/mol. The first-order valence-electron chi connectivity index (χ1n) is 7.54. The van der Waals surface area contributed by atoms with Crippen LogP contribution in [0.3, 0.4) is 0 Å². The van der Waals surface area contributed by atoms with Crippen molar-refractivity contribution < 1.29 is 19.5 Å². The fourth-order valence-electron chi connectivity index (χ4n) is 1.95. The highest BCUT2D eigenvalue weighted by molar-refractivity contribution is 5.96. The number of nitrogens with one attached hydrogen (secondary N) is 2.